The van der Waals surface area contributed by atoms with Crippen LogP contribution in [0.3, 0.4) is 0 Å². The molecule has 25 heavy (non-hydrogen) atoms. The van der Waals surface area contributed by atoms with Crippen LogP contribution >= 0.6 is 0 Å². The van der Waals surface area contributed by atoms with Crippen LogP contribution in [-0.2, 0) is 9.59 Å². The van der Waals surface area contributed by atoms with Crippen molar-refractivity contribution < 1.29 is 14.3 Å². The third-order valence-electron chi connectivity index (χ3n) is 5.06. The molecule has 0 aromatic carbocycles. The molecule has 0 aliphatic carbocycles. The number of ether oxygens (including phenoxy) is 1. The van der Waals surface area contributed by atoms with Gasteiger partial charge in [0.25, 0.3) is 0 Å². The molecule has 1 aromatic rings. The highest BCUT2D eigenvalue weighted by atomic mass is 16.5. The summed E-state index contributed by atoms with van der Waals surface area (Å²) in [6.07, 6.45) is 4.44. The van der Waals surface area contributed by atoms with Crippen molar-refractivity contribution in [2.75, 3.05) is 39.3 Å². The molecule has 2 aliphatic rings. The lowest BCUT2D eigenvalue weighted by Crippen LogP contribution is -2.54. The van der Waals surface area contributed by atoms with E-state index >= 15 is 0 Å². The lowest BCUT2D eigenvalue weighted by molar-refractivity contribution is -0.141. The average molecular weight is 346 g/mol. The summed E-state index contributed by atoms with van der Waals surface area (Å²) >= 11 is 0. The van der Waals surface area contributed by atoms with E-state index in [9.17, 15) is 9.59 Å². The largest absolute Gasteiger partial charge is 0.487 e. The van der Waals surface area contributed by atoms with Crippen molar-refractivity contribution in [3.8, 4) is 5.75 Å². The van der Waals surface area contributed by atoms with Crippen molar-refractivity contribution in [2.24, 2.45) is 0 Å². The molecule has 7 nitrogen and oxygen atoms in total. The van der Waals surface area contributed by atoms with Crippen LogP contribution in [0.2, 0.25) is 0 Å². The zero-order valence-electron chi connectivity index (χ0n) is 14.9. The van der Waals surface area contributed by atoms with Crippen LogP contribution in [0.4, 0.5) is 0 Å². The zero-order valence-corrected chi connectivity index (χ0v) is 14.9. The van der Waals surface area contributed by atoms with Gasteiger partial charge in [0.05, 0.1) is 12.2 Å². The molecule has 0 spiro atoms. The Morgan fingerprint density at radius 2 is 1.92 bits per heavy atom. The second kappa shape index (κ2) is 7.82. The second-order valence-electron chi connectivity index (χ2n) is 6.72. The zero-order chi connectivity index (χ0) is 17.8. The monoisotopic (exact) mass is 346 g/mol. The Morgan fingerprint density at radius 1 is 1.20 bits per heavy atom. The van der Waals surface area contributed by atoms with E-state index in [1.807, 2.05) is 24.0 Å². The van der Waals surface area contributed by atoms with Gasteiger partial charge in [-0.05, 0) is 25.5 Å². The molecule has 2 fully saturated rings. The minimum Gasteiger partial charge on any atom is -0.487 e. The third kappa shape index (κ3) is 4.28. The first-order valence-electron chi connectivity index (χ1n) is 8.89. The van der Waals surface area contributed by atoms with E-state index in [2.05, 4.69) is 9.88 Å². The summed E-state index contributed by atoms with van der Waals surface area (Å²) in [6.45, 7) is 7.62. The normalized spacial score (nSPS) is 22.7. The summed E-state index contributed by atoms with van der Waals surface area (Å²) in [5, 5.41) is 0. The predicted octanol–water partition coefficient (Wildman–Crippen LogP) is 0.614. The van der Waals surface area contributed by atoms with Gasteiger partial charge in [-0.2, -0.15) is 0 Å². The van der Waals surface area contributed by atoms with Crippen LogP contribution in [-0.4, -0.2) is 82.9 Å². The van der Waals surface area contributed by atoms with E-state index in [0.29, 0.717) is 26.2 Å². The summed E-state index contributed by atoms with van der Waals surface area (Å²) in [6, 6.07) is 3.60. The molecule has 2 atom stereocenters. The number of carbonyl (C=O) groups excluding carboxylic acids is 2. The molecule has 2 amide bonds. The number of hydrogen-bond donors (Lipinski definition) is 0. The molecular weight excluding hydrogens is 320 g/mol. The number of nitrogens with zero attached hydrogens (tertiary/aromatic N) is 4. The van der Waals surface area contributed by atoms with Crippen LogP contribution in [0, 0.1) is 0 Å². The lowest BCUT2D eigenvalue weighted by atomic mass is 10.2. The summed E-state index contributed by atoms with van der Waals surface area (Å²) in [5.41, 5.74) is 0. The molecule has 0 N–H and O–H groups in total. The molecule has 3 heterocycles. The van der Waals surface area contributed by atoms with Gasteiger partial charge in [0.2, 0.25) is 11.8 Å². The minimum atomic E-state index is -0.161. The van der Waals surface area contributed by atoms with E-state index in [1.54, 1.807) is 24.2 Å². The van der Waals surface area contributed by atoms with Crippen molar-refractivity contribution in [1.82, 2.24) is 19.7 Å². The van der Waals surface area contributed by atoms with Gasteiger partial charge in [-0.1, -0.05) is 0 Å². The van der Waals surface area contributed by atoms with Gasteiger partial charge < -0.3 is 14.5 Å². The quantitative estimate of drug-likeness (QED) is 0.799. The molecule has 0 bridgehead atoms. The topological polar surface area (TPSA) is 66.0 Å². The highest BCUT2D eigenvalue weighted by molar-refractivity contribution is 5.82. The van der Waals surface area contributed by atoms with Crippen LogP contribution in [0.25, 0.3) is 0 Å². The molecule has 136 valence electrons. The lowest BCUT2D eigenvalue weighted by Gasteiger charge is -2.37. The number of rotatable bonds is 4. The van der Waals surface area contributed by atoms with Crippen molar-refractivity contribution in [1.29, 1.82) is 0 Å². The van der Waals surface area contributed by atoms with Crippen LogP contribution in [0.15, 0.2) is 24.5 Å². The van der Waals surface area contributed by atoms with Gasteiger partial charge in [0.1, 0.15) is 11.9 Å². The van der Waals surface area contributed by atoms with Crippen LogP contribution in [0.5, 0.6) is 5.75 Å². The first-order valence-corrected chi connectivity index (χ1v) is 8.89. The maximum atomic E-state index is 12.8. The fraction of sp³-hybridized carbons (Fsp3) is 0.611. The maximum absolute atomic E-state index is 12.8. The van der Waals surface area contributed by atoms with E-state index < -0.39 is 0 Å². The molecule has 7 heteroatoms. The van der Waals surface area contributed by atoms with Crippen molar-refractivity contribution in [2.45, 2.75) is 32.4 Å². The first-order chi connectivity index (χ1) is 12.0. The van der Waals surface area contributed by atoms with Crippen molar-refractivity contribution in [3.63, 3.8) is 0 Å². The summed E-state index contributed by atoms with van der Waals surface area (Å²) < 4.78 is 5.95. The number of carbonyl (C=O) groups is 2. The Bertz CT molecular complexity index is 602. The van der Waals surface area contributed by atoms with Gasteiger partial charge in [0.15, 0.2) is 0 Å². The molecule has 0 saturated carbocycles. The number of aromatic nitrogens is 1. The van der Waals surface area contributed by atoms with Crippen LogP contribution < -0.4 is 4.74 Å². The molecule has 1 aromatic heterocycles. The Kier molecular flexibility index (Phi) is 5.53. The Morgan fingerprint density at radius 3 is 2.56 bits per heavy atom. The Hall–Kier alpha value is -2.15. The smallest absolute Gasteiger partial charge is 0.239 e. The summed E-state index contributed by atoms with van der Waals surface area (Å²) in [7, 11) is 0. The molecule has 0 unspecified atom stereocenters. The Balaban J connectivity index is 1.49. The van der Waals surface area contributed by atoms with E-state index in [-0.39, 0.29) is 24.0 Å². The molecular formula is C18H26N4O3. The fourth-order valence-corrected chi connectivity index (χ4v) is 3.47. The second-order valence-corrected chi connectivity index (χ2v) is 6.72. The van der Waals surface area contributed by atoms with Crippen LogP contribution in [0.1, 0.15) is 20.3 Å². The van der Waals surface area contributed by atoms with E-state index in [4.69, 9.17) is 4.74 Å². The number of likely N-dealkylation sites (tertiary alicyclic amines) is 1. The number of amides is 2. The van der Waals surface area contributed by atoms with Gasteiger partial charge >= 0.3 is 0 Å². The van der Waals surface area contributed by atoms with Gasteiger partial charge in [-0.15, -0.1) is 0 Å². The molecule has 3 rings (SSSR count). The van der Waals surface area contributed by atoms with Crippen molar-refractivity contribution in [3.05, 3.63) is 24.5 Å². The average Bonchev–Trinajstić information content (AvgIpc) is 3.10. The maximum Gasteiger partial charge on any atom is 0.239 e. The molecule has 2 aliphatic heterocycles. The van der Waals surface area contributed by atoms with Crippen molar-refractivity contribution >= 4 is 11.8 Å². The first kappa shape index (κ1) is 17.7. The van der Waals surface area contributed by atoms with Gasteiger partial charge in [0, 0.05) is 52.4 Å². The Labute approximate surface area is 148 Å². The fourth-order valence-electron chi connectivity index (χ4n) is 3.47. The summed E-state index contributed by atoms with van der Waals surface area (Å²) in [5.74, 6) is 0.994. The minimum absolute atomic E-state index is 0.0788. The van der Waals surface area contributed by atoms with Gasteiger partial charge in [-0.25, -0.2) is 0 Å². The molecule has 2 saturated heterocycles. The third-order valence-corrected chi connectivity index (χ3v) is 5.06. The number of pyridine rings is 1. The van der Waals surface area contributed by atoms with E-state index in [1.165, 1.54) is 0 Å². The summed E-state index contributed by atoms with van der Waals surface area (Å²) in [4.78, 5) is 34.1. The highest BCUT2D eigenvalue weighted by Crippen LogP contribution is 2.20. The predicted molar refractivity (Wildman–Crippen MR) is 93.1 cm³/mol. The highest BCUT2D eigenvalue weighted by Gasteiger charge is 2.34. The number of hydrogen-bond acceptors (Lipinski definition) is 5. The SMILES string of the molecule is CC(=O)N1CCN(C(=O)[C@H](C)N2CC[C@H](Oc3cccnc3)C2)CC1. The number of piperazine rings is 1. The molecule has 0 radical (unpaired) electrons. The standard InChI is InChI=1S/C18H26N4O3/c1-14(18(24)21-10-8-20(9-11-21)15(2)23)22-7-5-17(13-22)25-16-4-3-6-19-12-16/h3-4,6,12,14,17H,5,7-11,13H2,1-2H3/t14-,17-/m0/s1. The van der Waals surface area contributed by atoms with E-state index in [0.717, 1.165) is 25.3 Å². The van der Waals surface area contributed by atoms with Gasteiger partial charge in [-0.3, -0.25) is 19.5 Å².